The largest absolute Gasteiger partial charge is 0.436 e. The van der Waals surface area contributed by atoms with Crippen LogP contribution in [0.5, 0.6) is 0 Å². The van der Waals surface area contributed by atoms with Gasteiger partial charge in [-0.3, -0.25) is 14.5 Å². The summed E-state index contributed by atoms with van der Waals surface area (Å²) in [4.78, 5) is 49.9. The SMILES string of the molecule is CNc1ccccc1CCN(C=O)C1CCN(C(=O)O[C@H](Cc2cc(C)c(N)c(N)c2)C(=O)N2CCC(N3CCN(C)CC3)CC2)CC1. The van der Waals surface area contributed by atoms with Crippen molar-refractivity contribution in [3.63, 3.8) is 0 Å². The minimum Gasteiger partial charge on any atom is -0.436 e. The fourth-order valence-electron chi connectivity index (χ4n) is 7.39. The van der Waals surface area contributed by atoms with Crippen molar-refractivity contribution in [2.75, 3.05) is 89.8 Å². The molecule has 0 saturated carbocycles. The summed E-state index contributed by atoms with van der Waals surface area (Å²) >= 11 is 0. The van der Waals surface area contributed by atoms with Gasteiger partial charge in [-0.05, 0) is 74.9 Å². The van der Waals surface area contributed by atoms with Crippen molar-refractivity contribution in [1.29, 1.82) is 0 Å². The first-order valence-corrected chi connectivity index (χ1v) is 17.4. The number of hydrogen-bond donors (Lipinski definition) is 3. The smallest absolute Gasteiger partial charge is 0.410 e. The quantitative estimate of drug-likeness (QED) is 0.245. The lowest BCUT2D eigenvalue weighted by Crippen LogP contribution is -2.54. The van der Waals surface area contributed by atoms with Crippen LogP contribution >= 0.6 is 0 Å². The van der Waals surface area contributed by atoms with Gasteiger partial charge in [-0.2, -0.15) is 0 Å². The second kappa shape index (κ2) is 16.4. The van der Waals surface area contributed by atoms with Crippen LogP contribution < -0.4 is 16.8 Å². The Labute approximate surface area is 285 Å². The number of anilines is 3. The summed E-state index contributed by atoms with van der Waals surface area (Å²) in [5.74, 6) is -0.169. The molecule has 12 heteroatoms. The number of aryl methyl sites for hydroxylation is 1. The summed E-state index contributed by atoms with van der Waals surface area (Å²) < 4.78 is 6.04. The average molecular weight is 663 g/mol. The van der Waals surface area contributed by atoms with Crippen LogP contribution in [-0.2, 0) is 27.2 Å². The molecule has 2 aromatic carbocycles. The number of nitrogens with two attached hydrogens (primary N) is 2. The highest BCUT2D eigenvalue weighted by molar-refractivity contribution is 5.84. The van der Waals surface area contributed by atoms with Gasteiger partial charge in [0.05, 0.1) is 11.4 Å². The second-order valence-electron chi connectivity index (χ2n) is 13.6. The Bertz CT molecular complexity index is 1380. The van der Waals surface area contributed by atoms with Gasteiger partial charge in [0, 0.05) is 90.1 Å². The van der Waals surface area contributed by atoms with Crippen LogP contribution in [0, 0.1) is 6.92 Å². The van der Waals surface area contributed by atoms with Crippen LogP contribution in [0.3, 0.4) is 0 Å². The van der Waals surface area contributed by atoms with Gasteiger partial charge >= 0.3 is 6.09 Å². The van der Waals surface area contributed by atoms with Gasteiger partial charge in [-0.15, -0.1) is 0 Å². The van der Waals surface area contributed by atoms with Gasteiger partial charge in [0.25, 0.3) is 5.91 Å². The van der Waals surface area contributed by atoms with Gasteiger partial charge in [0.1, 0.15) is 0 Å². The van der Waals surface area contributed by atoms with Gasteiger partial charge in [0.15, 0.2) is 6.10 Å². The number of carbonyl (C=O) groups is 3. The maximum atomic E-state index is 14.0. The van der Waals surface area contributed by atoms with E-state index in [4.69, 9.17) is 16.2 Å². The molecule has 0 bridgehead atoms. The molecule has 3 saturated heterocycles. The number of amides is 3. The average Bonchev–Trinajstić information content (AvgIpc) is 3.11. The first-order chi connectivity index (χ1) is 23.2. The van der Waals surface area contributed by atoms with E-state index in [0.29, 0.717) is 63.0 Å². The van der Waals surface area contributed by atoms with Crippen molar-refractivity contribution in [2.45, 2.75) is 63.6 Å². The molecule has 3 aliphatic rings. The van der Waals surface area contributed by atoms with Gasteiger partial charge in [0.2, 0.25) is 6.41 Å². The molecular weight excluding hydrogens is 608 g/mol. The summed E-state index contributed by atoms with van der Waals surface area (Å²) in [6.07, 6.45) is 3.51. The Balaban J connectivity index is 1.19. The number of piperazine rings is 1. The minimum atomic E-state index is -0.975. The molecular formula is C36H54N8O4. The van der Waals surface area contributed by atoms with Gasteiger partial charge < -0.3 is 41.1 Å². The number of nitrogens with one attached hydrogen (secondary N) is 1. The van der Waals surface area contributed by atoms with E-state index >= 15 is 0 Å². The van der Waals surface area contributed by atoms with Crippen LogP contribution in [0.4, 0.5) is 21.9 Å². The molecule has 5 rings (SSSR count). The van der Waals surface area contributed by atoms with Crippen molar-refractivity contribution in [1.82, 2.24) is 24.5 Å². The normalized spacial score (nSPS) is 19.1. The monoisotopic (exact) mass is 662 g/mol. The van der Waals surface area contributed by atoms with Crippen molar-refractivity contribution < 1.29 is 19.1 Å². The van der Waals surface area contributed by atoms with E-state index in [0.717, 1.165) is 74.2 Å². The zero-order valence-electron chi connectivity index (χ0n) is 28.9. The molecule has 5 N–H and O–H groups in total. The number of likely N-dealkylation sites (tertiary alicyclic amines) is 2. The molecule has 2 aromatic rings. The molecule has 0 aliphatic carbocycles. The van der Waals surface area contributed by atoms with Crippen LogP contribution in [-0.4, -0.2) is 134 Å². The maximum Gasteiger partial charge on any atom is 0.410 e. The Morgan fingerprint density at radius 1 is 0.979 bits per heavy atom. The molecule has 0 unspecified atom stereocenters. The standard InChI is InChI=1S/C36H54N8O4/c1-26-22-27(23-31(37)34(26)38)24-33(35(46)42-14-9-29(10-15-42)41-20-18-40(3)19-21-41)48-36(47)43-16-11-30(12-17-43)44(25-45)13-8-28-6-4-5-7-32(28)39-2/h4-7,22-23,25,29-30,33,39H,8-21,24,37-38H2,1-3H3/t33-/m1/s1. The number of para-hydroxylation sites is 1. The summed E-state index contributed by atoms with van der Waals surface area (Å²) in [6.45, 7) is 8.90. The third kappa shape index (κ3) is 8.70. The van der Waals surface area contributed by atoms with E-state index < -0.39 is 12.2 Å². The Kier molecular flexibility index (Phi) is 12.0. The van der Waals surface area contributed by atoms with E-state index in [-0.39, 0.29) is 18.4 Å². The Morgan fingerprint density at radius 3 is 2.29 bits per heavy atom. The number of piperidine rings is 2. The topological polar surface area (TPSA) is 141 Å². The predicted molar refractivity (Wildman–Crippen MR) is 190 cm³/mol. The molecule has 0 radical (unpaired) electrons. The van der Waals surface area contributed by atoms with E-state index in [9.17, 15) is 14.4 Å². The number of hydrogen-bond acceptors (Lipinski definition) is 9. The highest BCUT2D eigenvalue weighted by Gasteiger charge is 2.35. The van der Waals surface area contributed by atoms with Crippen molar-refractivity contribution in [2.24, 2.45) is 0 Å². The summed E-state index contributed by atoms with van der Waals surface area (Å²) in [6, 6.07) is 12.3. The summed E-state index contributed by atoms with van der Waals surface area (Å²) in [7, 11) is 4.05. The second-order valence-corrected chi connectivity index (χ2v) is 13.6. The molecule has 3 fully saturated rings. The molecule has 0 aromatic heterocycles. The zero-order valence-corrected chi connectivity index (χ0v) is 28.9. The predicted octanol–water partition coefficient (Wildman–Crippen LogP) is 2.65. The zero-order chi connectivity index (χ0) is 34.2. The van der Waals surface area contributed by atoms with E-state index in [1.54, 1.807) is 11.0 Å². The summed E-state index contributed by atoms with van der Waals surface area (Å²) in [5, 5.41) is 3.21. The number of carbonyl (C=O) groups excluding carboxylic acids is 3. The molecule has 12 nitrogen and oxygen atoms in total. The first-order valence-electron chi connectivity index (χ1n) is 17.4. The molecule has 48 heavy (non-hydrogen) atoms. The molecule has 262 valence electrons. The first kappa shape index (κ1) is 35.3. The number of nitrogens with zero attached hydrogens (tertiary/aromatic N) is 5. The van der Waals surface area contributed by atoms with Crippen molar-refractivity contribution >= 4 is 35.5 Å². The third-order valence-corrected chi connectivity index (χ3v) is 10.5. The third-order valence-electron chi connectivity index (χ3n) is 10.5. The highest BCUT2D eigenvalue weighted by Crippen LogP contribution is 2.26. The molecule has 3 heterocycles. The highest BCUT2D eigenvalue weighted by atomic mass is 16.6. The molecule has 3 aliphatic heterocycles. The van der Waals surface area contributed by atoms with Crippen LogP contribution in [0.1, 0.15) is 42.4 Å². The van der Waals surface area contributed by atoms with E-state index in [1.165, 1.54) is 0 Å². The maximum absolute atomic E-state index is 14.0. The number of rotatable bonds is 11. The molecule has 1 atom stereocenters. The van der Waals surface area contributed by atoms with Crippen molar-refractivity contribution in [3.05, 3.63) is 53.1 Å². The van der Waals surface area contributed by atoms with Crippen LogP contribution in [0.25, 0.3) is 0 Å². The Morgan fingerprint density at radius 2 is 1.65 bits per heavy atom. The lowest BCUT2D eigenvalue weighted by Gasteiger charge is -2.42. The lowest BCUT2D eigenvalue weighted by atomic mass is 9.99. The van der Waals surface area contributed by atoms with Crippen LogP contribution in [0.2, 0.25) is 0 Å². The van der Waals surface area contributed by atoms with Gasteiger partial charge in [-0.1, -0.05) is 24.3 Å². The van der Waals surface area contributed by atoms with Crippen molar-refractivity contribution in [3.8, 4) is 0 Å². The molecule has 0 spiro atoms. The van der Waals surface area contributed by atoms with E-state index in [1.807, 2.05) is 48.0 Å². The van der Waals surface area contributed by atoms with Gasteiger partial charge in [-0.25, -0.2) is 4.79 Å². The summed E-state index contributed by atoms with van der Waals surface area (Å²) in [5.41, 5.74) is 17.1. The minimum absolute atomic E-state index is 0.0352. The Hall–Kier alpha value is -4.03. The molecule has 3 amide bonds. The fourth-order valence-corrected chi connectivity index (χ4v) is 7.39. The number of nitrogen functional groups attached to an aromatic ring is 2. The fraction of sp³-hybridized carbons (Fsp3) is 0.583. The number of likely N-dealkylation sites (N-methyl/N-ethyl adjacent to an activating group) is 1. The number of benzene rings is 2. The number of ether oxygens (including phenoxy) is 1. The lowest BCUT2D eigenvalue weighted by molar-refractivity contribution is -0.142. The van der Waals surface area contributed by atoms with Crippen LogP contribution in [0.15, 0.2) is 36.4 Å². The van der Waals surface area contributed by atoms with E-state index in [2.05, 4.69) is 28.2 Å².